The normalized spacial score (nSPS) is 27.1. The van der Waals surface area contributed by atoms with Crippen LogP contribution in [0.4, 0.5) is 0 Å². The van der Waals surface area contributed by atoms with Gasteiger partial charge >= 0.3 is 0 Å². The molecule has 0 bridgehead atoms. The minimum atomic E-state index is -0.238. The highest BCUT2D eigenvalue weighted by molar-refractivity contribution is 7.60. The van der Waals surface area contributed by atoms with Gasteiger partial charge in [-0.1, -0.05) is 54.7 Å². The van der Waals surface area contributed by atoms with Crippen molar-refractivity contribution >= 4 is 13.3 Å². The van der Waals surface area contributed by atoms with E-state index in [0.717, 1.165) is 6.42 Å². The summed E-state index contributed by atoms with van der Waals surface area (Å²) in [6.45, 7) is 6.10. The molecule has 2 atom stereocenters. The van der Waals surface area contributed by atoms with E-state index in [1.807, 2.05) is 6.08 Å². The lowest BCUT2D eigenvalue weighted by Gasteiger charge is -2.00. The topological polar surface area (TPSA) is 0 Å². The van der Waals surface area contributed by atoms with Gasteiger partial charge in [0.2, 0.25) is 0 Å². The molecule has 1 heterocycles. The number of rotatable bonds is 6. The highest BCUT2D eigenvalue weighted by Gasteiger charge is 2.22. The van der Waals surface area contributed by atoms with Crippen molar-refractivity contribution in [1.82, 2.24) is 0 Å². The van der Waals surface area contributed by atoms with Crippen LogP contribution in [0.15, 0.2) is 35.7 Å². The Balaban J connectivity index is 1.89. The van der Waals surface area contributed by atoms with Crippen LogP contribution in [0, 0.1) is 5.92 Å². The Morgan fingerprint density at radius 1 is 1.50 bits per heavy atom. The average molecular weight is 234 g/mol. The van der Waals surface area contributed by atoms with E-state index in [1.165, 1.54) is 31.8 Å². The van der Waals surface area contributed by atoms with Crippen LogP contribution in [0.25, 0.3) is 0 Å². The van der Waals surface area contributed by atoms with Crippen LogP contribution in [-0.4, -0.2) is 12.0 Å². The van der Waals surface area contributed by atoms with Gasteiger partial charge in [0.05, 0.1) is 0 Å². The van der Waals surface area contributed by atoms with Crippen molar-refractivity contribution in [2.75, 3.05) is 6.16 Å². The molecule has 0 aromatic carbocycles. The van der Waals surface area contributed by atoms with E-state index in [-0.39, 0.29) is 7.55 Å². The zero-order valence-corrected chi connectivity index (χ0v) is 11.3. The van der Waals surface area contributed by atoms with Gasteiger partial charge in [-0.2, -0.15) is 0 Å². The Kier molecular flexibility index (Phi) is 4.29. The molecule has 0 fully saturated rings. The Bertz CT molecular complexity index is 358. The number of unbranched alkanes of at least 4 members (excludes halogenated alkanes) is 2. The number of allylic oxidation sites excluding steroid dienone is 4. The van der Waals surface area contributed by atoms with Crippen LogP contribution in [0.5, 0.6) is 0 Å². The summed E-state index contributed by atoms with van der Waals surface area (Å²) in [5.41, 5.74) is 3.28. The Labute approximate surface area is 101 Å². The van der Waals surface area contributed by atoms with Crippen molar-refractivity contribution in [3.63, 3.8) is 0 Å². The van der Waals surface area contributed by atoms with Crippen LogP contribution < -0.4 is 0 Å². The first kappa shape index (κ1) is 12.0. The van der Waals surface area contributed by atoms with Crippen LogP contribution >= 0.6 is 7.55 Å². The molecule has 0 aromatic rings. The lowest BCUT2D eigenvalue weighted by atomic mass is 10.1. The van der Waals surface area contributed by atoms with E-state index < -0.39 is 0 Å². The maximum atomic E-state index is 3.82. The maximum Gasteiger partial charge on any atom is 0.0171 e. The summed E-state index contributed by atoms with van der Waals surface area (Å²) in [6.07, 6.45) is 12.5. The molecule has 0 saturated carbocycles. The van der Waals surface area contributed by atoms with Crippen LogP contribution in [0.2, 0.25) is 0 Å². The van der Waals surface area contributed by atoms with Gasteiger partial charge < -0.3 is 0 Å². The molecule has 88 valence electrons. The first-order chi connectivity index (χ1) is 7.83. The van der Waals surface area contributed by atoms with E-state index >= 15 is 0 Å². The molecule has 2 aliphatic rings. The van der Waals surface area contributed by atoms with Crippen molar-refractivity contribution in [2.45, 2.75) is 39.0 Å². The van der Waals surface area contributed by atoms with Crippen molar-refractivity contribution in [3.05, 3.63) is 35.7 Å². The quantitative estimate of drug-likeness (QED) is 0.357. The Morgan fingerprint density at radius 3 is 3.06 bits per heavy atom. The predicted molar refractivity (Wildman–Crippen MR) is 77.9 cm³/mol. The predicted octanol–water partition coefficient (Wildman–Crippen LogP) is 4.61. The van der Waals surface area contributed by atoms with Crippen LogP contribution in [0.1, 0.15) is 39.0 Å². The zero-order valence-electron chi connectivity index (χ0n) is 10.3. The molecule has 0 spiro atoms. The van der Waals surface area contributed by atoms with E-state index in [9.17, 15) is 0 Å². The maximum absolute atomic E-state index is 3.82. The molecule has 1 aliphatic heterocycles. The Morgan fingerprint density at radius 2 is 2.38 bits per heavy atom. The monoisotopic (exact) mass is 234 g/mol. The second kappa shape index (κ2) is 5.73. The molecule has 1 aliphatic carbocycles. The van der Waals surface area contributed by atoms with E-state index in [4.69, 9.17) is 0 Å². The van der Waals surface area contributed by atoms with Gasteiger partial charge in [0.1, 0.15) is 0 Å². The third-order valence-electron chi connectivity index (χ3n) is 3.51. The molecule has 2 rings (SSSR count). The second-order valence-corrected chi connectivity index (χ2v) is 7.21. The molecule has 0 amide bonds. The van der Waals surface area contributed by atoms with Gasteiger partial charge in [-0.05, 0) is 25.4 Å². The lowest BCUT2D eigenvalue weighted by molar-refractivity contribution is 0.777. The third-order valence-corrected chi connectivity index (χ3v) is 5.97. The highest BCUT2D eigenvalue weighted by Crippen LogP contribution is 2.44. The summed E-state index contributed by atoms with van der Waals surface area (Å²) in [6, 6.07) is 0. The molecule has 0 N–H and O–H groups in total. The van der Waals surface area contributed by atoms with Crippen molar-refractivity contribution in [3.8, 4) is 0 Å². The molecule has 0 nitrogen and oxygen atoms in total. The zero-order chi connectivity index (χ0) is 11.4. The molecule has 0 radical (unpaired) electrons. The molecule has 1 heteroatoms. The van der Waals surface area contributed by atoms with Gasteiger partial charge in [-0.3, -0.25) is 0 Å². The fourth-order valence-corrected chi connectivity index (χ4v) is 5.29. The van der Waals surface area contributed by atoms with E-state index in [2.05, 4.69) is 31.2 Å². The van der Waals surface area contributed by atoms with Crippen LogP contribution in [0.3, 0.4) is 0 Å². The molecular formula is C15H23P. The standard InChI is InChI=1S/C15H23P/c1-3-5-6-8-16-11-14-9-13(7-4-2)10-15(14)12-16/h4,9,11-12,14,16H,2-3,5-8,10H2,1H3. The first-order valence-corrected chi connectivity index (χ1v) is 8.41. The van der Waals surface area contributed by atoms with Crippen molar-refractivity contribution in [2.24, 2.45) is 5.92 Å². The summed E-state index contributed by atoms with van der Waals surface area (Å²) in [4.78, 5) is 0. The molecule has 0 saturated heterocycles. The minimum absolute atomic E-state index is 0.238. The van der Waals surface area contributed by atoms with Crippen molar-refractivity contribution < 1.29 is 0 Å². The minimum Gasteiger partial charge on any atom is -0.103 e. The van der Waals surface area contributed by atoms with Gasteiger partial charge in [0.15, 0.2) is 0 Å². The fourth-order valence-electron chi connectivity index (χ4n) is 2.68. The van der Waals surface area contributed by atoms with Crippen molar-refractivity contribution in [1.29, 1.82) is 0 Å². The van der Waals surface area contributed by atoms with E-state index in [0.29, 0.717) is 5.92 Å². The summed E-state index contributed by atoms with van der Waals surface area (Å²) in [7, 11) is -0.238. The van der Waals surface area contributed by atoms with Gasteiger partial charge in [-0.15, -0.1) is 14.1 Å². The summed E-state index contributed by atoms with van der Waals surface area (Å²) in [5, 5.41) is 0. The molecular weight excluding hydrogens is 211 g/mol. The van der Waals surface area contributed by atoms with Gasteiger partial charge in [-0.25, -0.2) is 0 Å². The van der Waals surface area contributed by atoms with Gasteiger partial charge in [0.25, 0.3) is 0 Å². The third kappa shape index (κ3) is 2.80. The molecule has 2 unspecified atom stereocenters. The van der Waals surface area contributed by atoms with E-state index in [1.54, 1.807) is 11.1 Å². The van der Waals surface area contributed by atoms with Gasteiger partial charge in [0, 0.05) is 5.92 Å². The lowest BCUT2D eigenvalue weighted by Crippen LogP contribution is -1.90. The smallest absolute Gasteiger partial charge is 0.0171 e. The fraction of sp³-hybridized carbons (Fsp3) is 0.533. The average Bonchev–Trinajstić information content (AvgIpc) is 2.76. The SMILES string of the molecule is C=CCC1=CC2C=[PH](CCCCC)C=C2C1. The second-order valence-electron chi connectivity index (χ2n) is 4.94. The van der Waals surface area contributed by atoms with Crippen LogP contribution in [-0.2, 0) is 0 Å². The summed E-state index contributed by atoms with van der Waals surface area (Å²) >= 11 is 0. The largest absolute Gasteiger partial charge is 0.103 e. The molecule has 0 aromatic heterocycles. The summed E-state index contributed by atoms with van der Waals surface area (Å²) < 4.78 is 0. The number of hydrogen-bond donors (Lipinski definition) is 0. The molecule has 16 heavy (non-hydrogen) atoms. The Hall–Kier alpha value is -0.480. The summed E-state index contributed by atoms with van der Waals surface area (Å²) in [5.74, 6) is 5.98. The number of hydrogen-bond acceptors (Lipinski definition) is 0. The first-order valence-electron chi connectivity index (χ1n) is 6.55. The highest BCUT2D eigenvalue weighted by atomic mass is 31.1. The number of fused-ring (bicyclic) bond motifs is 1.